The second kappa shape index (κ2) is 1.48. The molecular formula is C4H3N5. The first kappa shape index (κ1) is 4.37. The maximum absolute atomic E-state index is 3.87. The highest BCUT2D eigenvalue weighted by Crippen LogP contribution is 1.83. The van der Waals surface area contributed by atoms with E-state index in [9.17, 15) is 0 Å². The van der Waals surface area contributed by atoms with E-state index in [1.165, 1.54) is 11.0 Å². The van der Waals surface area contributed by atoms with Crippen LogP contribution in [0.2, 0.25) is 0 Å². The van der Waals surface area contributed by atoms with Crippen LogP contribution in [0, 0.1) is 0 Å². The third-order valence-corrected chi connectivity index (χ3v) is 0.946. The van der Waals surface area contributed by atoms with Gasteiger partial charge < -0.3 is 0 Å². The molecule has 2 aromatic rings. The van der Waals surface area contributed by atoms with E-state index in [-0.39, 0.29) is 0 Å². The van der Waals surface area contributed by atoms with Gasteiger partial charge in [-0.15, -0.1) is 9.73 Å². The summed E-state index contributed by atoms with van der Waals surface area (Å²) in [6, 6.07) is 0. The van der Waals surface area contributed by atoms with E-state index in [1.54, 1.807) is 12.4 Å². The van der Waals surface area contributed by atoms with Crippen molar-refractivity contribution in [1.82, 2.24) is 24.8 Å². The minimum Gasteiger partial charge on any atom is -0.217 e. The lowest BCUT2D eigenvalue weighted by atomic mass is 10.9. The molecule has 2 rings (SSSR count). The quantitative estimate of drug-likeness (QED) is 0.472. The minimum absolute atomic E-state index is 0.525. The van der Waals surface area contributed by atoms with Gasteiger partial charge in [0, 0.05) is 0 Å². The van der Waals surface area contributed by atoms with Crippen molar-refractivity contribution in [2.75, 3.05) is 0 Å². The Labute approximate surface area is 50.4 Å². The zero-order chi connectivity index (χ0) is 6.10. The molecular weight excluding hydrogens is 118 g/mol. The first-order chi connectivity index (χ1) is 4.47. The van der Waals surface area contributed by atoms with Crippen molar-refractivity contribution in [3.05, 3.63) is 18.7 Å². The predicted molar refractivity (Wildman–Crippen MR) is 28.6 cm³/mol. The Kier molecular flexibility index (Phi) is 0.717. The van der Waals surface area contributed by atoms with E-state index < -0.39 is 0 Å². The normalized spacial score (nSPS) is 10.2. The fourth-order valence-corrected chi connectivity index (χ4v) is 0.589. The van der Waals surface area contributed by atoms with Gasteiger partial charge in [0.1, 0.15) is 6.33 Å². The summed E-state index contributed by atoms with van der Waals surface area (Å²) in [6.07, 6.45) is 4.54. The van der Waals surface area contributed by atoms with Gasteiger partial charge in [-0.2, -0.15) is 10.1 Å². The van der Waals surface area contributed by atoms with Gasteiger partial charge in [-0.05, 0) is 0 Å². The third kappa shape index (κ3) is 0.543. The summed E-state index contributed by atoms with van der Waals surface area (Å²) in [5, 5.41) is 7.57. The Balaban J connectivity index is 2.95. The fourth-order valence-electron chi connectivity index (χ4n) is 0.589. The van der Waals surface area contributed by atoms with E-state index in [2.05, 4.69) is 20.2 Å². The van der Waals surface area contributed by atoms with E-state index in [1.807, 2.05) is 0 Å². The monoisotopic (exact) mass is 121 g/mol. The van der Waals surface area contributed by atoms with Gasteiger partial charge in [0.2, 0.25) is 0 Å². The topological polar surface area (TPSA) is 56.0 Å². The van der Waals surface area contributed by atoms with Crippen LogP contribution < -0.4 is 0 Å². The lowest BCUT2D eigenvalue weighted by molar-refractivity contribution is 0.782. The smallest absolute Gasteiger partial charge is 0.217 e. The van der Waals surface area contributed by atoms with E-state index >= 15 is 0 Å². The van der Waals surface area contributed by atoms with Crippen LogP contribution >= 0.6 is 0 Å². The second-order valence-electron chi connectivity index (χ2n) is 1.49. The van der Waals surface area contributed by atoms with Crippen LogP contribution in [0.3, 0.4) is 0 Å². The summed E-state index contributed by atoms with van der Waals surface area (Å²) in [7, 11) is 0. The molecule has 0 aliphatic carbocycles. The third-order valence-electron chi connectivity index (χ3n) is 0.946. The van der Waals surface area contributed by atoms with Gasteiger partial charge in [0.05, 0.1) is 12.4 Å². The zero-order valence-corrected chi connectivity index (χ0v) is 4.47. The number of aromatic nitrogens is 5. The summed E-state index contributed by atoms with van der Waals surface area (Å²) in [6.45, 7) is 0. The van der Waals surface area contributed by atoms with Gasteiger partial charge in [-0.25, -0.2) is 4.98 Å². The largest absolute Gasteiger partial charge is 0.270 e. The average Bonchev–Trinajstić information content (AvgIpc) is 2.33. The molecule has 0 spiro atoms. The summed E-state index contributed by atoms with van der Waals surface area (Å²) in [5.41, 5.74) is 0. The summed E-state index contributed by atoms with van der Waals surface area (Å²) in [4.78, 5) is 7.66. The summed E-state index contributed by atoms with van der Waals surface area (Å²) >= 11 is 0. The molecule has 0 unspecified atom stereocenters. The molecule has 0 atom stereocenters. The van der Waals surface area contributed by atoms with Crippen molar-refractivity contribution < 1.29 is 0 Å². The fraction of sp³-hybridized carbons (Fsp3) is 0. The zero-order valence-electron chi connectivity index (χ0n) is 4.47. The Morgan fingerprint density at radius 3 is 3.00 bits per heavy atom. The highest BCUT2D eigenvalue weighted by molar-refractivity contribution is 5.19. The van der Waals surface area contributed by atoms with Crippen molar-refractivity contribution in [2.24, 2.45) is 0 Å². The molecule has 44 valence electrons. The van der Waals surface area contributed by atoms with Crippen molar-refractivity contribution >= 4 is 5.78 Å². The molecule has 9 heavy (non-hydrogen) atoms. The standard InChI is InChI=1S/C4H3N5/c1-2-7-9-4(5-1)6-3-8-9/h1-3H. The molecule has 0 saturated carbocycles. The van der Waals surface area contributed by atoms with Crippen LogP contribution in [-0.2, 0) is 0 Å². The average molecular weight is 121 g/mol. The Morgan fingerprint density at radius 1 is 1.11 bits per heavy atom. The van der Waals surface area contributed by atoms with Crippen LogP contribution in [-0.4, -0.2) is 24.8 Å². The number of nitrogens with zero attached hydrogens (tertiary/aromatic N) is 5. The number of hydrogen-bond acceptors (Lipinski definition) is 4. The highest BCUT2D eigenvalue weighted by atomic mass is 15.5. The van der Waals surface area contributed by atoms with E-state index in [4.69, 9.17) is 0 Å². The second-order valence-corrected chi connectivity index (χ2v) is 1.49. The lowest BCUT2D eigenvalue weighted by Crippen LogP contribution is -1.93. The van der Waals surface area contributed by atoms with Gasteiger partial charge in [0.15, 0.2) is 0 Å². The number of rotatable bonds is 0. The highest BCUT2D eigenvalue weighted by Gasteiger charge is 1.90. The van der Waals surface area contributed by atoms with Crippen LogP contribution in [0.4, 0.5) is 0 Å². The maximum atomic E-state index is 3.87. The molecule has 0 amide bonds. The first-order valence-corrected chi connectivity index (χ1v) is 2.44. The summed E-state index contributed by atoms with van der Waals surface area (Å²) < 4.78 is 1.36. The van der Waals surface area contributed by atoms with Gasteiger partial charge >= 0.3 is 0 Å². The van der Waals surface area contributed by atoms with Crippen LogP contribution in [0.5, 0.6) is 0 Å². The molecule has 0 radical (unpaired) electrons. The SMILES string of the molecule is c1cnn2ncnc2n1. The number of hydrogen-bond donors (Lipinski definition) is 0. The Bertz CT molecular complexity index is 283. The molecule has 0 fully saturated rings. The Morgan fingerprint density at radius 2 is 2.11 bits per heavy atom. The maximum Gasteiger partial charge on any atom is 0.270 e. The molecule has 0 aliphatic rings. The van der Waals surface area contributed by atoms with Gasteiger partial charge in [-0.3, -0.25) is 0 Å². The van der Waals surface area contributed by atoms with Crippen molar-refractivity contribution in [3.8, 4) is 0 Å². The molecule has 0 saturated heterocycles. The van der Waals surface area contributed by atoms with Crippen molar-refractivity contribution in [1.29, 1.82) is 0 Å². The van der Waals surface area contributed by atoms with Gasteiger partial charge in [-0.1, -0.05) is 0 Å². The van der Waals surface area contributed by atoms with E-state index in [0.717, 1.165) is 0 Å². The van der Waals surface area contributed by atoms with Gasteiger partial charge in [0.25, 0.3) is 5.78 Å². The first-order valence-electron chi connectivity index (χ1n) is 2.44. The minimum atomic E-state index is 0.525. The number of fused-ring (bicyclic) bond motifs is 1. The molecule has 0 N–H and O–H groups in total. The molecule has 5 heteroatoms. The van der Waals surface area contributed by atoms with Crippen molar-refractivity contribution in [2.45, 2.75) is 0 Å². The van der Waals surface area contributed by atoms with Crippen LogP contribution in [0.1, 0.15) is 0 Å². The molecule has 0 aromatic carbocycles. The lowest BCUT2D eigenvalue weighted by Gasteiger charge is -1.82. The van der Waals surface area contributed by atoms with Crippen LogP contribution in [0.25, 0.3) is 5.78 Å². The van der Waals surface area contributed by atoms with Crippen LogP contribution in [0.15, 0.2) is 18.7 Å². The molecule has 2 heterocycles. The molecule has 5 nitrogen and oxygen atoms in total. The van der Waals surface area contributed by atoms with E-state index in [0.29, 0.717) is 5.78 Å². The Hall–Kier alpha value is -1.52. The molecule has 2 aromatic heterocycles. The van der Waals surface area contributed by atoms with Crippen molar-refractivity contribution in [3.63, 3.8) is 0 Å². The molecule has 0 aliphatic heterocycles. The predicted octanol–water partition coefficient (Wildman–Crippen LogP) is -0.481. The molecule has 0 bridgehead atoms. The summed E-state index contributed by atoms with van der Waals surface area (Å²) in [5.74, 6) is 0.525.